The van der Waals surface area contributed by atoms with Crippen LogP contribution in [0, 0.1) is 6.92 Å². The van der Waals surface area contributed by atoms with Gasteiger partial charge >= 0.3 is 0 Å². The number of benzene rings is 2. The Labute approximate surface area is 163 Å². The Hall–Kier alpha value is -2.79. The second-order valence-corrected chi connectivity index (χ2v) is 7.07. The first kappa shape index (κ1) is 19.0. The number of ether oxygens (including phenoxy) is 1. The van der Waals surface area contributed by atoms with E-state index in [-0.39, 0.29) is 18.4 Å². The van der Waals surface area contributed by atoms with E-state index in [1.807, 2.05) is 49.5 Å². The van der Waals surface area contributed by atoms with E-state index in [1.54, 1.807) is 6.21 Å². The van der Waals surface area contributed by atoms with Gasteiger partial charge in [0.1, 0.15) is 5.75 Å². The smallest absolute Gasteiger partial charge is 0.277 e. The summed E-state index contributed by atoms with van der Waals surface area (Å²) >= 11 is 6.19. The van der Waals surface area contributed by atoms with Crippen molar-refractivity contribution in [3.05, 3.63) is 64.3 Å². The second kappa shape index (κ2) is 8.27. The van der Waals surface area contributed by atoms with Crippen molar-refractivity contribution in [3.8, 4) is 5.75 Å². The number of amides is 1. The van der Waals surface area contributed by atoms with Crippen LogP contribution in [0.3, 0.4) is 0 Å². The maximum Gasteiger partial charge on any atom is 0.277 e. The number of aryl methyl sites for hydroxylation is 1. The third-order valence-corrected chi connectivity index (χ3v) is 4.69. The predicted octanol–water partition coefficient (Wildman–Crippen LogP) is 4.78. The van der Waals surface area contributed by atoms with Crippen LogP contribution in [0.25, 0.3) is 10.9 Å². The molecule has 6 heteroatoms. The van der Waals surface area contributed by atoms with E-state index in [4.69, 9.17) is 16.3 Å². The minimum absolute atomic E-state index is 0.119. The summed E-state index contributed by atoms with van der Waals surface area (Å²) in [5, 5.41) is 5.76. The molecule has 3 aromatic rings. The van der Waals surface area contributed by atoms with Gasteiger partial charge in [0.05, 0.1) is 6.21 Å². The molecular weight excluding hydrogens is 362 g/mol. The number of carbonyl (C=O) groups is 1. The van der Waals surface area contributed by atoms with Gasteiger partial charge in [0.15, 0.2) is 6.61 Å². The number of aromatic nitrogens is 1. The van der Waals surface area contributed by atoms with Gasteiger partial charge < -0.3 is 9.72 Å². The maximum absolute atomic E-state index is 12.1. The Balaban J connectivity index is 1.61. The van der Waals surface area contributed by atoms with Gasteiger partial charge in [-0.3, -0.25) is 4.79 Å². The maximum atomic E-state index is 12.1. The minimum Gasteiger partial charge on any atom is -0.483 e. The third-order valence-electron chi connectivity index (χ3n) is 4.29. The Kier molecular flexibility index (Phi) is 5.81. The fourth-order valence-electron chi connectivity index (χ4n) is 2.80. The monoisotopic (exact) mass is 383 g/mol. The number of nitrogens with zero attached hydrogens (tertiary/aromatic N) is 1. The first-order chi connectivity index (χ1) is 13.0. The fraction of sp³-hybridized carbons (Fsp3) is 0.238. The zero-order valence-corrected chi connectivity index (χ0v) is 16.3. The molecule has 2 N–H and O–H groups in total. The van der Waals surface area contributed by atoms with Crippen molar-refractivity contribution in [1.29, 1.82) is 0 Å². The Morgan fingerprint density at radius 2 is 2.11 bits per heavy atom. The summed E-state index contributed by atoms with van der Waals surface area (Å²) in [7, 11) is 0. The topological polar surface area (TPSA) is 66.5 Å². The zero-order valence-electron chi connectivity index (χ0n) is 15.5. The summed E-state index contributed by atoms with van der Waals surface area (Å²) in [4.78, 5) is 15.2. The molecule has 1 amide bonds. The highest BCUT2D eigenvalue weighted by Crippen LogP contribution is 2.31. The lowest BCUT2D eigenvalue weighted by molar-refractivity contribution is -0.123. The van der Waals surface area contributed by atoms with Gasteiger partial charge in [-0.25, -0.2) is 5.43 Å². The molecule has 0 spiro atoms. The number of carbonyl (C=O) groups excluding carboxylic acids is 1. The number of para-hydroxylation sites is 1. The lowest BCUT2D eigenvalue weighted by Crippen LogP contribution is -2.25. The molecule has 27 heavy (non-hydrogen) atoms. The molecule has 0 unspecified atom stereocenters. The molecule has 0 atom stereocenters. The van der Waals surface area contributed by atoms with Gasteiger partial charge in [0, 0.05) is 27.7 Å². The molecule has 0 saturated heterocycles. The van der Waals surface area contributed by atoms with E-state index in [0.29, 0.717) is 10.8 Å². The summed E-state index contributed by atoms with van der Waals surface area (Å²) in [5.74, 6) is 0.581. The molecule has 140 valence electrons. The van der Waals surface area contributed by atoms with E-state index < -0.39 is 0 Å². The summed E-state index contributed by atoms with van der Waals surface area (Å²) in [5.41, 5.74) is 6.31. The molecule has 5 nitrogen and oxygen atoms in total. The highest BCUT2D eigenvalue weighted by atomic mass is 35.5. The quantitative estimate of drug-likeness (QED) is 0.475. The van der Waals surface area contributed by atoms with Gasteiger partial charge in [-0.1, -0.05) is 43.6 Å². The highest BCUT2D eigenvalue weighted by Gasteiger charge is 2.12. The molecule has 0 bridgehead atoms. The summed E-state index contributed by atoms with van der Waals surface area (Å²) in [6, 6.07) is 11.7. The number of rotatable bonds is 6. The first-order valence-electron chi connectivity index (χ1n) is 8.76. The predicted molar refractivity (Wildman–Crippen MR) is 110 cm³/mol. The van der Waals surface area contributed by atoms with Gasteiger partial charge in [0.2, 0.25) is 0 Å². The van der Waals surface area contributed by atoms with Crippen LogP contribution in [0.4, 0.5) is 0 Å². The SMILES string of the molecule is Cc1cc(OCC(=O)N/N=C/c2c[nH]c3ccccc23)c(C(C)C)cc1Cl. The number of hydrazone groups is 1. The zero-order chi connectivity index (χ0) is 19.4. The second-order valence-electron chi connectivity index (χ2n) is 6.67. The molecule has 3 rings (SSSR count). The molecule has 1 aromatic heterocycles. The normalized spacial score (nSPS) is 11.4. The van der Waals surface area contributed by atoms with E-state index in [0.717, 1.165) is 27.6 Å². The van der Waals surface area contributed by atoms with Crippen LogP contribution in [-0.2, 0) is 4.79 Å². The summed E-state index contributed by atoms with van der Waals surface area (Å²) in [6.45, 7) is 5.90. The van der Waals surface area contributed by atoms with Crippen molar-refractivity contribution in [2.45, 2.75) is 26.7 Å². The first-order valence-corrected chi connectivity index (χ1v) is 9.14. The summed E-state index contributed by atoms with van der Waals surface area (Å²) < 4.78 is 5.70. The van der Waals surface area contributed by atoms with Crippen molar-refractivity contribution in [2.75, 3.05) is 6.61 Å². The highest BCUT2D eigenvalue weighted by molar-refractivity contribution is 6.31. The third kappa shape index (κ3) is 4.49. The van der Waals surface area contributed by atoms with E-state index in [1.165, 1.54) is 0 Å². The molecule has 2 aromatic carbocycles. The minimum atomic E-state index is -0.326. The molecule has 0 aliphatic rings. The van der Waals surface area contributed by atoms with Crippen LogP contribution in [0.1, 0.15) is 36.5 Å². The fourth-order valence-corrected chi connectivity index (χ4v) is 2.97. The van der Waals surface area contributed by atoms with Crippen molar-refractivity contribution in [2.24, 2.45) is 5.10 Å². The molecule has 0 aliphatic carbocycles. The average molecular weight is 384 g/mol. The van der Waals surface area contributed by atoms with Crippen LogP contribution in [-0.4, -0.2) is 23.7 Å². The van der Waals surface area contributed by atoms with E-state index in [9.17, 15) is 4.79 Å². The van der Waals surface area contributed by atoms with Crippen LogP contribution in [0.15, 0.2) is 47.7 Å². The largest absolute Gasteiger partial charge is 0.483 e. The Bertz CT molecular complexity index is 992. The van der Waals surface area contributed by atoms with Crippen LogP contribution < -0.4 is 10.2 Å². The summed E-state index contributed by atoms with van der Waals surface area (Å²) in [6.07, 6.45) is 3.46. The molecular formula is C21H22ClN3O2. The van der Waals surface area contributed by atoms with Gasteiger partial charge in [-0.15, -0.1) is 0 Å². The van der Waals surface area contributed by atoms with E-state index >= 15 is 0 Å². The van der Waals surface area contributed by atoms with Gasteiger partial charge in [-0.05, 0) is 42.2 Å². The van der Waals surface area contributed by atoms with Crippen LogP contribution in [0.2, 0.25) is 5.02 Å². The van der Waals surface area contributed by atoms with Gasteiger partial charge in [-0.2, -0.15) is 5.10 Å². The Morgan fingerprint density at radius 1 is 1.33 bits per heavy atom. The number of hydrogen-bond acceptors (Lipinski definition) is 3. The number of halogens is 1. The number of nitrogens with one attached hydrogen (secondary N) is 2. The Morgan fingerprint density at radius 3 is 2.89 bits per heavy atom. The number of aromatic amines is 1. The van der Waals surface area contributed by atoms with Crippen LogP contribution in [0.5, 0.6) is 5.75 Å². The number of hydrogen-bond donors (Lipinski definition) is 2. The molecule has 0 saturated carbocycles. The average Bonchev–Trinajstić information content (AvgIpc) is 3.05. The molecule has 0 fully saturated rings. The molecule has 0 radical (unpaired) electrons. The lowest BCUT2D eigenvalue weighted by atomic mass is 10.0. The standard InChI is InChI=1S/C21H22ClN3O2/c1-13(2)17-9-18(22)14(3)8-20(17)27-12-21(26)25-24-11-15-10-23-19-7-5-4-6-16(15)19/h4-11,13,23H,12H2,1-3H3,(H,25,26)/b24-11+. The molecule has 0 aliphatic heterocycles. The van der Waals surface area contributed by atoms with Crippen molar-refractivity contribution < 1.29 is 9.53 Å². The van der Waals surface area contributed by atoms with Gasteiger partial charge in [0.25, 0.3) is 5.91 Å². The number of H-pyrrole nitrogens is 1. The lowest BCUT2D eigenvalue weighted by Gasteiger charge is -2.15. The van der Waals surface area contributed by atoms with Crippen molar-refractivity contribution in [3.63, 3.8) is 0 Å². The van der Waals surface area contributed by atoms with Crippen molar-refractivity contribution >= 4 is 34.6 Å². The van der Waals surface area contributed by atoms with E-state index in [2.05, 4.69) is 29.4 Å². The van der Waals surface area contributed by atoms with Crippen molar-refractivity contribution in [1.82, 2.24) is 10.4 Å². The van der Waals surface area contributed by atoms with Crippen LogP contribution >= 0.6 is 11.6 Å². The number of fused-ring (bicyclic) bond motifs is 1. The molecule has 1 heterocycles.